The quantitative estimate of drug-likeness (QED) is 0.608. The number of carbonyl (C=O) groups is 1. The van der Waals surface area contributed by atoms with E-state index in [0.717, 1.165) is 26.2 Å². The van der Waals surface area contributed by atoms with Gasteiger partial charge in [-0.05, 0) is 27.2 Å². The summed E-state index contributed by atoms with van der Waals surface area (Å²) in [4.78, 5) is 11.6. The van der Waals surface area contributed by atoms with Gasteiger partial charge in [-0.3, -0.25) is 4.79 Å². The van der Waals surface area contributed by atoms with E-state index in [1.165, 1.54) is 0 Å². The van der Waals surface area contributed by atoms with Crippen LogP contribution in [0.5, 0.6) is 0 Å². The highest BCUT2D eigenvalue weighted by Crippen LogP contribution is 2.03. The molecule has 0 saturated carbocycles. The molecule has 0 spiro atoms. The van der Waals surface area contributed by atoms with E-state index in [1.54, 1.807) is 0 Å². The maximum absolute atomic E-state index is 11.6. The average Bonchev–Trinajstić information content (AvgIpc) is 2.30. The predicted octanol–water partition coefficient (Wildman–Crippen LogP) is -0.132. The molecule has 0 radical (unpaired) electrons. The standard InChI is InChI=1S/C12H25N3O2/c1-4-13-12(16)10(3)15-9(2)7-11-8-17-6-5-14-11/h9-11,14-15H,4-8H2,1-3H3,(H,13,16). The van der Waals surface area contributed by atoms with Gasteiger partial charge in [0.1, 0.15) is 0 Å². The summed E-state index contributed by atoms with van der Waals surface area (Å²) in [5.74, 6) is 0.0622. The van der Waals surface area contributed by atoms with Crippen LogP contribution in [-0.2, 0) is 9.53 Å². The Balaban J connectivity index is 2.22. The molecule has 1 heterocycles. The summed E-state index contributed by atoms with van der Waals surface area (Å²) in [5.41, 5.74) is 0. The van der Waals surface area contributed by atoms with Crippen molar-refractivity contribution in [1.82, 2.24) is 16.0 Å². The molecular weight excluding hydrogens is 218 g/mol. The van der Waals surface area contributed by atoms with Crippen LogP contribution in [0.4, 0.5) is 0 Å². The number of rotatable bonds is 6. The number of hydrogen-bond donors (Lipinski definition) is 3. The summed E-state index contributed by atoms with van der Waals surface area (Å²) in [7, 11) is 0. The lowest BCUT2D eigenvalue weighted by atomic mass is 10.1. The molecule has 0 aromatic heterocycles. The van der Waals surface area contributed by atoms with Crippen molar-refractivity contribution >= 4 is 5.91 Å². The minimum absolute atomic E-state index is 0.0622. The third-order valence-corrected chi connectivity index (χ3v) is 2.92. The fourth-order valence-electron chi connectivity index (χ4n) is 2.10. The Morgan fingerprint density at radius 3 is 2.88 bits per heavy atom. The first-order chi connectivity index (χ1) is 8.13. The SMILES string of the molecule is CCNC(=O)C(C)NC(C)CC1COCCN1. The van der Waals surface area contributed by atoms with Crippen LogP contribution in [0.25, 0.3) is 0 Å². The molecule has 1 fully saturated rings. The van der Waals surface area contributed by atoms with Crippen LogP contribution >= 0.6 is 0 Å². The highest BCUT2D eigenvalue weighted by atomic mass is 16.5. The minimum atomic E-state index is -0.144. The Hall–Kier alpha value is -0.650. The van der Waals surface area contributed by atoms with Crippen LogP contribution in [0, 0.1) is 0 Å². The summed E-state index contributed by atoms with van der Waals surface area (Å²) in [6, 6.07) is 0.550. The number of carbonyl (C=O) groups excluding carboxylic acids is 1. The van der Waals surface area contributed by atoms with Crippen molar-refractivity contribution < 1.29 is 9.53 Å². The third-order valence-electron chi connectivity index (χ3n) is 2.92. The summed E-state index contributed by atoms with van der Waals surface area (Å²) >= 11 is 0. The molecule has 1 rings (SSSR count). The fourth-order valence-corrected chi connectivity index (χ4v) is 2.10. The summed E-state index contributed by atoms with van der Waals surface area (Å²) in [6.07, 6.45) is 0.976. The molecule has 1 aliphatic heterocycles. The molecule has 0 aromatic rings. The van der Waals surface area contributed by atoms with E-state index < -0.39 is 0 Å². The Bertz CT molecular complexity index is 230. The van der Waals surface area contributed by atoms with Gasteiger partial charge in [0.25, 0.3) is 0 Å². The van der Waals surface area contributed by atoms with Gasteiger partial charge in [0.15, 0.2) is 0 Å². The van der Waals surface area contributed by atoms with E-state index in [2.05, 4.69) is 22.9 Å². The van der Waals surface area contributed by atoms with E-state index in [-0.39, 0.29) is 11.9 Å². The number of likely N-dealkylation sites (N-methyl/N-ethyl adjacent to an activating group) is 1. The molecule has 3 atom stereocenters. The molecule has 0 aliphatic carbocycles. The molecule has 0 bridgehead atoms. The minimum Gasteiger partial charge on any atom is -0.379 e. The van der Waals surface area contributed by atoms with Gasteiger partial charge in [-0.25, -0.2) is 0 Å². The molecule has 1 saturated heterocycles. The van der Waals surface area contributed by atoms with Crippen LogP contribution in [0.3, 0.4) is 0 Å². The van der Waals surface area contributed by atoms with E-state index in [1.807, 2.05) is 13.8 Å². The first-order valence-electron chi connectivity index (χ1n) is 6.48. The zero-order chi connectivity index (χ0) is 12.7. The van der Waals surface area contributed by atoms with Crippen molar-refractivity contribution in [2.45, 2.75) is 45.3 Å². The molecule has 5 nitrogen and oxygen atoms in total. The van der Waals surface area contributed by atoms with Crippen LogP contribution in [0.15, 0.2) is 0 Å². The van der Waals surface area contributed by atoms with E-state index in [0.29, 0.717) is 18.6 Å². The Labute approximate surface area is 104 Å². The van der Waals surface area contributed by atoms with Gasteiger partial charge >= 0.3 is 0 Å². The maximum atomic E-state index is 11.6. The van der Waals surface area contributed by atoms with Gasteiger partial charge in [-0.1, -0.05) is 0 Å². The molecule has 1 amide bonds. The van der Waals surface area contributed by atoms with Crippen molar-refractivity contribution in [2.75, 3.05) is 26.3 Å². The van der Waals surface area contributed by atoms with Gasteiger partial charge in [-0.2, -0.15) is 0 Å². The van der Waals surface area contributed by atoms with Gasteiger partial charge in [-0.15, -0.1) is 0 Å². The number of morpholine rings is 1. The monoisotopic (exact) mass is 243 g/mol. The van der Waals surface area contributed by atoms with Crippen LogP contribution in [-0.4, -0.2) is 50.3 Å². The molecule has 0 aromatic carbocycles. The molecule has 100 valence electrons. The van der Waals surface area contributed by atoms with E-state index in [9.17, 15) is 4.79 Å². The molecule has 3 unspecified atom stereocenters. The summed E-state index contributed by atoms with van der Waals surface area (Å²) in [5, 5.41) is 9.53. The predicted molar refractivity (Wildman–Crippen MR) is 68.0 cm³/mol. The first kappa shape index (κ1) is 14.4. The molecule has 3 N–H and O–H groups in total. The molecule has 5 heteroatoms. The lowest BCUT2D eigenvalue weighted by Crippen LogP contribution is -2.49. The second-order valence-electron chi connectivity index (χ2n) is 4.65. The van der Waals surface area contributed by atoms with Crippen molar-refractivity contribution in [3.05, 3.63) is 0 Å². The number of nitrogens with one attached hydrogen (secondary N) is 3. The zero-order valence-electron chi connectivity index (χ0n) is 11.1. The van der Waals surface area contributed by atoms with Crippen molar-refractivity contribution in [1.29, 1.82) is 0 Å². The average molecular weight is 243 g/mol. The van der Waals surface area contributed by atoms with Crippen molar-refractivity contribution in [3.63, 3.8) is 0 Å². The molecule has 17 heavy (non-hydrogen) atoms. The van der Waals surface area contributed by atoms with Crippen LogP contribution in [0.2, 0.25) is 0 Å². The number of ether oxygens (including phenoxy) is 1. The Kier molecular flexibility index (Phi) is 6.47. The molecule has 1 aliphatic rings. The fraction of sp³-hybridized carbons (Fsp3) is 0.917. The van der Waals surface area contributed by atoms with Crippen LogP contribution < -0.4 is 16.0 Å². The first-order valence-corrected chi connectivity index (χ1v) is 6.48. The topological polar surface area (TPSA) is 62.4 Å². The lowest BCUT2D eigenvalue weighted by Gasteiger charge is -2.28. The van der Waals surface area contributed by atoms with Crippen molar-refractivity contribution in [3.8, 4) is 0 Å². The second kappa shape index (κ2) is 7.63. The maximum Gasteiger partial charge on any atom is 0.236 e. The number of hydrogen-bond acceptors (Lipinski definition) is 4. The van der Waals surface area contributed by atoms with Gasteiger partial charge in [0.2, 0.25) is 5.91 Å². The summed E-state index contributed by atoms with van der Waals surface area (Å²) < 4.78 is 5.40. The normalized spacial score (nSPS) is 24.1. The highest BCUT2D eigenvalue weighted by Gasteiger charge is 2.19. The summed E-state index contributed by atoms with van der Waals surface area (Å²) in [6.45, 7) is 9.09. The lowest BCUT2D eigenvalue weighted by molar-refractivity contribution is -0.122. The second-order valence-corrected chi connectivity index (χ2v) is 4.65. The van der Waals surface area contributed by atoms with E-state index >= 15 is 0 Å². The smallest absolute Gasteiger partial charge is 0.236 e. The van der Waals surface area contributed by atoms with Gasteiger partial charge in [0, 0.05) is 25.2 Å². The van der Waals surface area contributed by atoms with E-state index in [4.69, 9.17) is 4.74 Å². The largest absolute Gasteiger partial charge is 0.379 e. The zero-order valence-corrected chi connectivity index (χ0v) is 11.1. The van der Waals surface area contributed by atoms with Crippen molar-refractivity contribution in [2.24, 2.45) is 0 Å². The van der Waals surface area contributed by atoms with Crippen LogP contribution in [0.1, 0.15) is 27.2 Å². The highest BCUT2D eigenvalue weighted by molar-refractivity contribution is 5.81. The Morgan fingerprint density at radius 2 is 2.29 bits per heavy atom. The van der Waals surface area contributed by atoms with Gasteiger partial charge < -0.3 is 20.7 Å². The third kappa shape index (κ3) is 5.48. The van der Waals surface area contributed by atoms with Gasteiger partial charge in [0.05, 0.1) is 19.3 Å². The molecular formula is C12H25N3O2. The number of amides is 1. The Morgan fingerprint density at radius 1 is 1.53 bits per heavy atom.